The smallest absolute Gasteiger partial charge is 0.141 e. The van der Waals surface area contributed by atoms with Crippen LogP contribution >= 0.6 is 0 Å². The molecule has 3 rings (SSSR count). The van der Waals surface area contributed by atoms with Gasteiger partial charge in [-0.15, -0.1) is 0 Å². The summed E-state index contributed by atoms with van der Waals surface area (Å²) in [5.74, 6) is 0.850. The molecule has 0 bridgehead atoms. The van der Waals surface area contributed by atoms with Crippen LogP contribution in [0.25, 0.3) is 10.9 Å². The maximum atomic E-state index is 5.46. The van der Waals surface area contributed by atoms with Crippen molar-refractivity contribution in [2.24, 2.45) is 0 Å². The topological polar surface area (TPSA) is 22.1 Å². The molecule has 1 heterocycles. The quantitative estimate of drug-likeness (QED) is 0.703. The maximum absolute atomic E-state index is 5.46. The van der Waals surface area contributed by atoms with Crippen LogP contribution in [-0.2, 0) is 6.42 Å². The van der Waals surface area contributed by atoms with Gasteiger partial charge in [0.15, 0.2) is 0 Å². The summed E-state index contributed by atoms with van der Waals surface area (Å²) < 4.78 is 5.46. The van der Waals surface area contributed by atoms with Gasteiger partial charge in [-0.05, 0) is 17.7 Å². The molecule has 0 saturated carbocycles. The molecule has 94 valence electrons. The Morgan fingerprint density at radius 3 is 2.47 bits per heavy atom. The third-order valence-electron chi connectivity index (χ3n) is 3.20. The minimum absolute atomic E-state index is 0.787. The van der Waals surface area contributed by atoms with E-state index in [1.165, 1.54) is 5.56 Å². The van der Waals surface area contributed by atoms with Gasteiger partial charge < -0.3 is 4.74 Å². The van der Waals surface area contributed by atoms with Crippen LogP contribution in [-0.4, -0.2) is 12.1 Å². The van der Waals surface area contributed by atoms with E-state index in [4.69, 9.17) is 9.72 Å². The first-order valence-corrected chi connectivity index (χ1v) is 6.33. The van der Waals surface area contributed by atoms with E-state index in [9.17, 15) is 0 Å². The Balaban J connectivity index is 2.06. The summed E-state index contributed by atoms with van der Waals surface area (Å²) in [7, 11) is 1.69. The van der Waals surface area contributed by atoms with Crippen LogP contribution in [0, 0.1) is 0 Å². The number of pyridine rings is 1. The first-order valence-electron chi connectivity index (χ1n) is 6.33. The van der Waals surface area contributed by atoms with E-state index < -0.39 is 0 Å². The van der Waals surface area contributed by atoms with Crippen molar-refractivity contribution < 1.29 is 4.74 Å². The molecule has 0 unspecified atom stereocenters. The highest BCUT2D eigenvalue weighted by Gasteiger charge is 2.07. The lowest BCUT2D eigenvalue weighted by molar-refractivity contribution is 0.409. The van der Waals surface area contributed by atoms with E-state index >= 15 is 0 Å². The minimum atomic E-state index is 0.787. The predicted molar refractivity (Wildman–Crippen MR) is 77.5 cm³/mol. The average molecular weight is 249 g/mol. The SMILES string of the molecule is COc1cc2ccccc2nc1Cc1ccccc1. The summed E-state index contributed by atoms with van der Waals surface area (Å²) in [6.07, 6.45) is 0.787. The zero-order valence-electron chi connectivity index (χ0n) is 10.8. The molecule has 2 aromatic carbocycles. The summed E-state index contributed by atoms with van der Waals surface area (Å²) in [5.41, 5.74) is 3.23. The highest BCUT2D eigenvalue weighted by molar-refractivity contribution is 5.80. The summed E-state index contributed by atoms with van der Waals surface area (Å²) >= 11 is 0. The van der Waals surface area contributed by atoms with Crippen LogP contribution in [0.2, 0.25) is 0 Å². The van der Waals surface area contributed by atoms with Crippen molar-refractivity contribution in [2.75, 3.05) is 7.11 Å². The molecule has 0 saturated heterocycles. The van der Waals surface area contributed by atoms with Gasteiger partial charge in [-0.2, -0.15) is 0 Å². The predicted octanol–water partition coefficient (Wildman–Crippen LogP) is 3.83. The number of nitrogens with zero attached hydrogens (tertiary/aromatic N) is 1. The average Bonchev–Trinajstić information content (AvgIpc) is 2.47. The minimum Gasteiger partial charge on any atom is -0.495 e. The van der Waals surface area contributed by atoms with Crippen LogP contribution in [0.1, 0.15) is 11.3 Å². The number of hydrogen-bond acceptors (Lipinski definition) is 2. The van der Waals surface area contributed by atoms with Crippen molar-refractivity contribution in [3.05, 3.63) is 71.9 Å². The Morgan fingerprint density at radius 2 is 1.68 bits per heavy atom. The number of benzene rings is 2. The Morgan fingerprint density at radius 1 is 0.947 bits per heavy atom. The second-order valence-electron chi connectivity index (χ2n) is 4.49. The fourth-order valence-corrected chi connectivity index (χ4v) is 2.23. The Bertz CT molecular complexity index is 692. The number of fused-ring (bicyclic) bond motifs is 1. The van der Waals surface area contributed by atoms with Crippen molar-refractivity contribution in [2.45, 2.75) is 6.42 Å². The molecule has 0 N–H and O–H groups in total. The molecule has 1 aromatic heterocycles. The first-order chi connectivity index (χ1) is 9.36. The molecule has 2 nitrogen and oxygen atoms in total. The van der Waals surface area contributed by atoms with Crippen molar-refractivity contribution in [3.8, 4) is 5.75 Å². The van der Waals surface area contributed by atoms with Crippen LogP contribution in [0.4, 0.5) is 0 Å². The molecule has 2 heteroatoms. The summed E-state index contributed by atoms with van der Waals surface area (Å²) in [5, 5.41) is 1.11. The van der Waals surface area contributed by atoms with Gasteiger partial charge in [0.05, 0.1) is 18.3 Å². The van der Waals surface area contributed by atoms with Gasteiger partial charge in [0, 0.05) is 11.8 Å². The molecule has 0 amide bonds. The molecule has 0 spiro atoms. The number of aromatic nitrogens is 1. The van der Waals surface area contributed by atoms with E-state index in [0.29, 0.717) is 0 Å². The number of methoxy groups -OCH3 is 1. The second kappa shape index (κ2) is 5.11. The van der Waals surface area contributed by atoms with Crippen LogP contribution in [0.15, 0.2) is 60.7 Å². The molecule has 0 radical (unpaired) electrons. The standard InChI is InChI=1S/C17H15NO/c1-19-17-12-14-9-5-6-10-15(14)18-16(17)11-13-7-3-2-4-8-13/h2-10,12H,11H2,1H3. The number of hydrogen-bond donors (Lipinski definition) is 0. The Hall–Kier alpha value is -2.35. The fraction of sp³-hybridized carbons (Fsp3) is 0.118. The summed E-state index contributed by atoms with van der Waals surface area (Å²) in [4.78, 5) is 4.72. The molecule has 0 aliphatic rings. The molecule has 0 aliphatic carbocycles. The van der Waals surface area contributed by atoms with Crippen LogP contribution in [0.5, 0.6) is 5.75 Å². The lowest BCUT2D eigenvalue weighted by atomic mass is 10.1. The van der Waals surface area contributed by atoms with Crippen molar-refractivity contribution in [1.82, 2.24) is 4.98 Å². The number of para-hydroxylation sites is 1. The van der Waals surface area contributed by atoms with Crippen LogP contribution in [0.3, 0.4) is 0 Å². The largest absolute Gasteiger partial charge is 0.495 e. The van der Waals surface area contributed by atoms with Gasteiger partial charge in [-0.25, -0.2) is 4.98 Å². The molecule has 0 aliphatic heterocycles. The second-order valence-corrected chi connectivity index (χ2v) is 4.49. The molecule has 0 fully saturated rings. The highest BCUT2D eigenvalue weighted by Crippen LogP contribution is 2.24. The van der Waals surface area contributed by atoms with Gasteiger partial charge in [-0.1, -0.05) is 48.5 Å². The number of rotatable bonds is 3. The molecular formula is C17H15NO. The Labute approximate surface area is 112 Å². The zero-order valence-corrected chi connectivity index (χ0v) is 10.8. The van der Waals surface area contributed by atoms with Gasteiger partial charge in [0.1, 0.15) is 5.75 Å². The van der Waals surface area contributed by atoms with E-state index in [-0.39, 0.29) is 0 Å². The molecule has 3 aromatic rings. The van der Waals surface area contributed by atoms with Gasteiger partial charge in [-0.3, -0.25) is 0 Å². The Kier molecular flexibility index (Phi) is 3.15. The van der Waals surface area contributed by atoms with E-state index in [2.05, 4.69) is 24.3 Å². The van der Waals surface area contributed by atoms with Crippen LogP contribution < -0.4 is 4.74 Å². The van der Waals surface area contributed by atoms with Gasteiger partial charge in [0.25, 0.3) is 0 Å². The third-order valence-corrected chi connectivity index (χ3v) is 3.20. The fourth-order valence-electron chi connectivity index (χ4n) is 2.23. The highest BCUT2D eigenvalue weighted by atomic mass is 16.5. The lowest BCUT2D eigenvalue weighted by Crippen LogP contribution is -1.98. The van der Waals surface area contributed by atoms with Crippen molar-refractivity contribution in [3.63, 3.8) is 0 Å². The summed E-state index contributed by atoms with van der Waals surface area (Å²) in [6.45, 7) is 0. The monoisotopic (exact) mass is 249 g/mol. The first kappa shape index (κ1) is 11.7. The maximum Gasteiger partial charge on any atom is 0.141 e. The van der Waals surface area contributed by atoms with Gasteiger partial charge >= 0.3 is 0 Å². The molecule has 19 heavy (non-hydrogen) atoms. The normalized spacial score (nSPS) is 10.6. The van der Waals surface area contributed by atoms with Gasteiger partial charge in [0.2, 0.25) is 0 Å². The zero-order chi connectivity index (χ0) is 13.1. The van der Waals surface area contributed by atoms with E-state index in [1.807, 2.05) is 36.4 Å². The molecule has 0 atom stereocenters. The third kappa shape index (κ3) is 2.43. The van der Waals surface area contributed by atoms with Crippen molar-refractivity contribution >= 4 is 10.9 Å². The van der Waals surface area contributed by atoms with E-state index in [1.54, 1.807) is 7.11 Å². The lowest BCUT2D eigenvalue weighted by Gasteiger charge is -2.09. The molecular weight excluding hydrogens is 234 g/mol. The summed E-state index contributed by atoms with van der Waals surface area (Å²) in [6, 6.07) is 20.5. The number of ether oxygens (including phenoxy) is 1. The van der Waals surface area contributed by atoms with Crippen molar-refractivity contribution in [1.29, 1.82) is 0 Å². The van der Waals surface area contributed by atoms with E-state index in [0.717, 1.165) is 28.8 Å².